The van der Waals surface area contributed by atoms with Crippen LogP contribution in [0.15, 0.2) is 40.1 Å². The smallest absolute Gasteiger partial charge is 0.159 e. The molecule has 0 amide bonds. The van der Waals surface area contributed by atoms with Gasteiger partial charge in [0.1, 0.15) is 0 Å². The molecule has 0 fully saturated rings. The summed E-state index contributed by atoms with van der Waals surface area (Å²) in [5, 5.41) is 20.4. The first-order chi connectivity index (χ1) is 11.0. The zero-order chi connectivity index (χ0) is 16.6. The van der Waals surface area contributed by atoms with E-state index < -0.39 is 0 Å². The summed E-state index contributed by atoms with van der Waals surface area (Å²) in [5.74, 6) is -0.200. The molecule has 6 heteroatoms. The molecule has 0 saturated heterocycles. The first-order valence-electron chi connectivity index (χ1n) is 7.41. The van der Waals surface area contributed by atoms with Crippen molar-refractivity contribution in [3.05, 3.63) is 35.4 Å². The maximum absolute atomic E-state index is 9.89. The van der Waals surface area contributed by atoms with E-state index in [2.05, 4.69) is 23.9 Å². The van der Waals surface area contributed by atoms with Crippen LogP contribution in [0.25, 0.3) is 0 Å². The topological polar surface area (TPSA) is 46.9 Å². The molecule has 0 unspecified atom stereocenters. The molecule has 0 bridgehead atoms. The molecule has 0 radical (unpaired) electrons. The van der Waals surface area contributed by atoms with Gasteiger partial charge in [-0.2, -0.15) is 0 Å². The van der Waals surface area contributed by atoms with Gasteiger partial charge in [0, 0.05) is 27.4 Å². The number of anilines is 2. The van der Waals surface area contributed by atoms with Gasteiger partial charge < -0.3 is 20.0 Å². The van der Waals surface area contributed by atoms with Crippen LogP contribution in [0, 0.1) is 0 Å². The van der Waals surface area contributed by atoms with E-state index in [1.165, 1.54) is 0 Å². The van der Waals surface area contributed by atoms with Crippen molar-refractivity contribution in [2.24, 2.45) is 0 Å². The first-order valence-corrected chi connectivity index (χ1v) is 8.61. The summed E-state index contributed by atoms with van der Waals surface area (Å²) in [7, 11) is 4.10. The number of aromatic hydroxyl groups is 2. The molecule has 0 atom stereocenters. The number of rotatable bonds is 4. The quantitative estimate of drug-likeness (QED) is 0.805. The Morgan fingerprint density at radius 1 is 1.04 bits per heavy atom. The number of nitrogens with zero attached hydrogens (tertiary/aromatic N) is 2. The molecular formula is C17H19ClN2O2S. The maximum atomic E-state index is 9.89. The van der Waals surface area contributed by atoms with Crippen molar-refractivity contribution < 1.29 is 10.2 Å². The molecule has 23 heavy (non-hydrogen) atoms. The molecule has 0 saturated carbocycles. The van der Waals surface area contributed by atoms with E-state index >= 15 is 0 Å². The molecule has 1 aliphatic rings. The van der Waals surface area contributed by atoms with Gasteiger partial charge in [0.2, 0.25) is 0 Å². The maximum Gasteiger partial charge on any atom is 0.159 e. The van der Waals surface area contributed by atoms with Gasteiger partial charge in [-0.25, -0.2) is 0 Å². The van der Waals surface area contributed by atoms with Gasteiger partial charge >= 0.3 is 0 Å². The molecule has 2 aromatic carbocycles. The normalized spacial score (nSPS) is 13.1. The molecule has 2 N–H and O–H groups in total. The average molecular weight is 351 g/mol. The minimum atomic E-state index is -0.104. The van der Waals surface area contributed by atoms with E-state index in [9.17, 15) is 10.2 Å². The zero-order valence-electron chi connectivity index (χ0n) is 13.1. The second-order valence-electron chi connectivity index (χ2n) is 5.83. The van der Waals surface area contributed by atoms with Crippen molar-refractivity contribution in [1.29, 1.82) is 0 Å². The summed E-state index contributed by atoms with van der Waals surface area (Å²) >= 11 is 7.75. The Morgan fingerprint density at radius 3 is 2.48 bits per heavy atom. The average Bonchev–Trinajstić information content (AvgIpc) is 2.49. The molecule has 0 spiro atoms. The number of benzene rings is 2. The van der Waals surface area contributed by atoms with Crippen LogP contribution >= 0.6 is 23.4 Å². The third-order valence-electron chi connectivity index (χ3n) is 3.77. The fraction of sp³-hybridized carbons (Fsp3) is 0.294. The molecule has 122 valence electrons. The van der Waals surface area contributed by atoms with Crippen molar-refractivity contribution in [2.45, 2.75) is 16.2 Å². The third kappa shape index (κ3) is 3.37. The van der Waals surface area contributed by atoms with Crippen molar-refractivity contribution in [3.8, 4) is 11.5 Å². The molecule has 2 aromatic rings. The molecule has 1 heterocycles. The lowest BCUT2D eigenvalue weighted by Gasteiger charge is -2.33. The van der Waals surface area contributed by atoms with Crippen LogP contribution in [0.5, 0.6) is 11.5 Å². The molecule has 4 nitrogen and oxygen atoms in total. The highest BCUT2D eigenvalue weighted by Crippen LogP contribution is 2.51. The van der Waals surface area contributed by atoms with E-state index in [4.69, 9.17) is 11.6 Å². The van der Waals surface area contributed by atoms with Crippen molar-refractivity contribution in [1.82, 2.24) is 4.90 Å². The van der Waals surface area contributed by atoms with Crippen molar-refractivity contribution in [2.75, 3.05) is 32.1 Å². The highest BCUT2D eigenvalue weighted by atomic mass is 35.5. The van der Waals surface area contributed by atoms with Gasteiger partial charge in [-0.15, -0.1) is 0 Å². The van der Waals surface area contributed by atoms with Gasteiger partial charge in [0.05, 0.1) is 11.4 Å². The van der Waals surface area contributed by atoms with Gasteiger partial charge in [-0.1, -0.05) is 23.4 Å². The number of phenolic OH excluding ortho intramolecular Hbond substituents is 2. The largest absolute Gasteiger partial charge is 0.504 e. The van der Waals surface area contributed by atoms with E-state index in [-0.39, 0.29) is 11.5 Å². The minimum absolute atomic E-state index is 0.0955. The van der Waals surface area contributed by atoms with Crippen LogP contribution in [0.3, 0.4) is 0 Å². The zero-order valence-corrected chi connectivity index (χ0v) is 14.7. The lowest BCUT2D eigenvalue weighted by atomic mass is 10.2. The van der Waals surface area contributed by atoms with Gasteiger partial charge in [0.25, 0.3) is 0 Å². The van der Waals surface area contributed by atoms with Crippen LogP contribution in [0.1, 0.15) is 6.42 Å². The standard InChI is InChI=1S/C17H19ClN2O2S/c1-19(2)6-3-7-20-12-8-11(18)4-5-16(12)23-17-10-15(22)14(21)9-13(17)20/h4-5,8-10,21-22H,3,6-7H2,1-2H3. The first kappa shape index (κ1) is 16.3. The third-order valence-corrected chi connectivity index (χ3v) is 5.11. The fourth-order valence-electron chi connectivity index (χ4n) is 2.66. The summed E-state index contributed by atoms with van der Waals surface area (Å²) < 4.78 is 0. The summed E-state index contributed by atoms with van der Waals surface area (Å²) in [4.78, 5) is 6.33. The van der Waals surface area contributed by atoms with Gasteiger partial charge in [-0.3, -0.25) is 0 Å². The Bertz CT molecular complexity index is 737. The van der Waals surface area contributed by atoms with E-state index in [0.717, 1.165) is 40.7 Å². The summed E-state index contributed by atoms with van der Waals surface area (Å²) in [6.07, 6.45) is 0.977. The van der Waals surface area contributed by atoms with E-state index in [1.807, 2.05) is 18.2 Å². The van der Waals surface area contributed by atoms with Crippen LogP contribution in [-0.2, 0) is 0 Å². The fourth-order valence-corrected chi connectivity index (χ4v) is 3.92. The highest BCUT2D eigenvalue weighted by molar-refractivity contribution is 7.99. The number of hydrogen-bond donors (Lipinski definition) is 2. The van der Waals surface area contributed by atoms with Gasteiger partial charge in [-0.05, 0) is 51.3 Å². The van der Waals surface area contributed by atoms with Gasteiger partial charge in [0.15, 0.2) is 11.5 Å². The molecule has 3 rings (SSSR count). The Morgan fingerprint density at radius 2 is 1.74 bits per heavy atom. The summed E-state index contributed by atoms with van der Waals surface area (Å²) in [6.45, 7) is 1.78. The number of halogens is 1. The number of phenols is 2. The minimum Gasteiger partial charge on any atom is -0.504 e. The number of hydrogen-bond acceptors (Lipinski definition) is 5. The molecule has 0 aromatic heterocycles. The van der Waals surface area contributed by atoms with E-state index in [1.54, 1.807) is 23.9 Å². The highest BCUT2D eigenvalue weighted by Gasteiger charge is 2.25. The van der Waals surface area contributed by atoms with Crippen molar-refractivity contribution in [3.63, 3.8) is 0 Å². The van der Waals surface area contributed by atoms with Crippen LogP contribution in [-0.4, -0.2) is 42.3 Å². The second kappa shape index (κ2) is 6.51. The second-order valence-corrected chi connectivity index (χ2v) is 7.35. The lowest BCUT2D eigenvalue weighted by molar-refractivity contribution is 0.400. The number of fused-ring (bicyclic) bond motifs is 2. The van der Waals surface area contributed by atoms with Crippen molar-refractivity contribution >= 4 is 34.7 Å². The lowest BCUT2D eigenvalue weighted by Crippen LogP contribution is -2.25. The Labute approximate surface area is 145 Å². The predicted octanol–water partition coefficient (Wildman–Crippen LogP) is 4.31. The van der Waals surface area contributed by atoms with E-state index in [0.29, 0.717) is 5.02 Å². The van der Waals surface area contributed by atoms with Crippen LogP contribution in [0.2, 0.25) is 5.02 Å². The Hall–Kier alpha value is -1.56. The Balaban J connectivity index is 2.01. The van der Waals surface area contributed by atoms with Crippen LogP contribution in [0.4, 0.5) is 11.4 Å². The molecular weight excluding hydrogens is 332 g/mol. The Kier molecular flexibility index (Phi) is 4.62. The summed E-state index contributed by atoms with van der Waals surface area (Å²) in [5.41, 5.74) is 1.94. The van der Waals surface area contributed by atoms with Crippen LogP contribution < -0.4 is 4.90 Å². The molecule has 1 aliphatic heterocycles. The predicted molar refractivity (Wildman–Crippen MR) is 95.5 cm³/mol. The molecule has 0 aliphatic carbocycles. The SMILES string of the molecule is CN(C)CCCN1c2cc(Cl)ccc2Sc2cc(O)c(O)cc21. The summed E-state index contributed by atoms with van der Waals surface area (Å²) in [6, 6.07) is 9.06. The monoisotopic (exact) mass is 350 g/mol.